The van der Waals surface area contributed by atoms with Gasteiger partial charge in [-0.3, -0.25) is 0 Å². The summed E-state index contributed by atoms with van der Waals surface area (Å²) in [7, 11) is 0. The van der Waals surface area contributed by atoms with Crippen LogP contribution in [0.5, 0.6) is 0 Å². The number of hydrogen-bond donors (Lipinski definition) is 0. The molecule has 0 aromatic heterocycles. The second-order valence-electron chi connectivity index (χ2n) is 11.2. The van der Waals surface area contributed by atoms with E-state index in [4.69, 9.17) is 4.74 Å². The molecule has 0 bridgehead atoms. The van der Waals surface area contributed by atoms with Gasteiger partial charge in [0.1, 0.15) is 0 Å². The molecule has 2 aromatic rings. The van der Waals surface area contributed by atoms with Gasteiger partial charge in [-0.1, -0.05) is 107 Å². The van der Waals surface area contributed by atoms with Crippen LogP contribution in [0, 0.1) is 11.8 Å². The number of unbranched alkanes of at least 4 members (excludes halogenated alkanes) is 4. The van der Waals surface area contributed by atoms with Crippen LogP contribution in [0.4, 0.5) is 0 Å². The Morgan fingerprint density at radius 3 is 1.76 bits per heavy atom. The zero-order chi connectivity index (χ0) is 23.6. The van der Waals surface area contributed by atoms with E-state index in [0.717, 1.165) is 24.4 Å². The van der Waals surface area contributed by atoms with Crippen LogP contribution in [-0.2, 0) is 4.74 Å². The molecule has 0 N–H and O–H groups in total. The van der Waals surface area contributed by atoms with Crippen LogP contribution in [-0.4, -0.2) is 6.61 Å². The predicted molar refractivity (Wildman–Crippen MR) is 146 cm³/mol. The molecule has 2 unspecified atom stereocenters. The van der Waals surface area contributed by atoms with E-state index in [1.165, 1.54) is 107 Å². The Labute approximate surface area is 209 Å². The van der Waals surface area contributed by atoms with Crippen LogP contribution in [0.2, 0.25) is 0 Å². The van der Waals surface area contributed by atoms with Crippen LogP contribution >= 0.6 is 0 Å². The molecule has 1 saturated heterocycles. The SMILES string of the molecule is CCCCCCC1CCC(c2ccc(-c3ccc([C@H]4CC[C@H](CCCC)CC4)cc3)cc2)OC1. The van der Waals surface area contributed by atoms with Gasteiger partial charge in [0.15, 0.2) is 0 Å². The summed E-state index contributed by atoms with van der Waals surface area (Å²) in [4.78, 5) is 0. The summed E-state index contributed by atoms with van der Waals surface area (Å²) < 4.78 is 6.29. The highest BCUT2D eigenvalue weighted by molar-refractivity contribution is 5.64. The minimum Gasteiger partial charge on any atom is -0.373 e. The Hall–Kier alpha value is -1.60. The maximum atomic E-state index is 6.29. The smallest absolute Gasteiger partial charge is 0.0825 e. The summed E-state index contributed by atoms with van der Waals surface area (Å²) in [6.07, 6.45) is 19.4. The van der Waals surface area contributed by atoms with E-state index in [0.29, 0.717) is 0 Å². The minimum atomic E-state index is 0.288. The van der Waals surface area contributed by atoms with Gasteiger partial charge in [-0.05, 0) is 85.0 Å². The third-order valence-corrected chi connectivity index (χ3v) is 8.65. The summed E-state index contributed by atoms with van der Waals surface area (Å²) in [6.45, 7) is 5.55. The lowest BCUT2D eigenvalue weighted by atomic mass is 9.77. The molecule has 1 saturated carbocycles. The molecule has 2 aromatic carbocycles. The third-order valence-electron chi connectivity index (χ3n) is 8.65. The van der Waals surface area contributed by atoms with Crippen LogP contribution in [0.1, 0.15) is 127 Å². The molecule has 1 heterocycles. The van der Waals surface area contributed by atoms with Crippen molar-refractivity contribution < 1.29 is 4.74 Å². The molecule has 34 heavy (non-hydrogen) atoms. The normalized spacial score (nSPS) is 25.4. The van der Waals surface area contributed by atoms with Crippen LogP contribution in [0.25, 0.3) is 11.1 Å². The zero-order valence-corrected chi connectivity index (χ0v) is 21.9. The van der Waals surface area contributed by atoms with E-state index in [2.05, 4.69) is 62.4 Å². The summed E-state index contributed by atoms with van der Waals surface area (Å²) in [5, 5.41) is 0. The maximum Gasteiger partial charge on any atom is 0.0825 e. The van der Waals surface area contributed by atoms with E-state index in [1.807, 2.05) is 0 Å². The monoisotopic (exact) mass is 460 g/mol. The first kappa shape index (κ1) is 25.5. The van der Waals surface area contributed by atoms with Gasteiger partial charge in [-0.25, -0.2) is 0 Å². The van der Waals surface area contributed by atoms with Gasteiger partial charge in [0.05, 0.1) is 12.7 Å². The second kappa shape index (κ2) is 13.5. The molecule has 2 fully saturated rings. The van der Waals surface area contributed by atoms with Gasteiger partial charge in [-0.15, -0.1) is 0 Å². The van der Waals surface area contributed by atoms with Crippen molar-refractivity contribution in [2.45, 2.75) is 116 Å². The summed E-state index contributed by atoms with van der Waals surface area (Å²) in [6, 6.07) is 18.7. The van der Waals surface area contributed by atoms with Crippen molar-refractivity contribution in [3.63, 3.8) is 0 Å². The molecule has 4 rings (SSSR count). The average Bonchev–Trinajstić information content (AvgIpc) is 2.91. The molecule has 2 atom stereocenters. The highest BCUT2D eigenvalue weighted by atomic mass is 16.5. The van der Waals surface area contributed by atoms with Gasteiger partial charge in [0.2, 0.25) is 0 Å². The molecule has 0 radical (unpaired) electrons. The first-order chi connectivity index (χ1) is 16.8. The lowest BCUT2D eigenvalue weighted by molar-refractivity contribution is -0.0198. The summed E-state index contributed by atoms with van der Waals surface area (Å²) >= 11 is 0. The Bertz CT molecular complexity index is 805. The van der Waals surface area contributed by atoms with Gasteiger partial charge in [0, 0.05) is 0 Å². The first-order valence-electron chi connectivity index (χ1n) is 14.6. The first-order valence-corrected chi connectivity index (χ1v) is 14.6. The standard InChI is InChI=1S/C33H48O/c1-3-5-7-8-10-27-13-24-33(34-25-27)32-22-20-31(21-23-32)30-18-16-29(17-19-30)28-14-11-26(12-15-28)9-6-4-2/h16-23,26-28,33H,3-15,24-25H2,1-2H3/t26-,27?,28-,33?. The van der Waals surface area contributed by atoms with Gasteiger partial charge in [-0.2, -0.15) is 0 Å². The predicted octanol–water partition coefficient (Wildman–Crippen LogP) is 10.3. The van der Waals surface area contributed by atoms with Crippen molar-refractivity contribution in [3.8, 4) is 11.1 Å². The highest BCUT2D eigenvalue weighted by Crippen LogP contribution is 2.38. The van der Waals surface area contributed by atoms with E-state index in [-0.39, 0.29) is 6.10 Å². The molecular weight excluding hydrogens is 412 g/mol. The topological polar surface area (TPSA) is 9.23 Å². The Balaban J connectivity index is 1.25. The number of hydrogen-bond acceptors (Lipinski definition) is 1. The molecule has 1 nitrogen and oxygen atoms in total. The molecule has 1 aliphatic carbocycles. The third kappa shape index (κ3) is 7.20. The minimum absolute atomic E-state index is 0.288. The second-order valence-corrected chi connectivity index (χ2v) is 11.2. The van der Waals surface area contributed by atoms with E-state index >= 15 is 0 Å². The maximum absolute atomic E-state index is 6.29. The molecule has 1 heteroatoms. The average molecular weight is 461 g/mol. The van der Waals surface area contributed by atoms with Gasteiger partial charge >= 0.3 is 0 Å². The van der Waals surface area contributed by atoms with Crippen LogP contribution < -0.4 is 0 Å². The van der Waals surface area contributed by atoms with Gasteiger partial charge < -0.3 is 4.74 Å². The Morgan fingerprint density at radius 1 is 0.588 bits per heavy atom. The fourth-order valence-corrected chi connectivity index (χ4v) is 6.27. The van der Waals surface area contributed by atoms with Crippen molar-refractivity contribution >= 4 is 0 Å². The molecule has 0 spiro atoms. The van der Waals surface area contributed by atoms with E-state index in [1.54, 1.807) is 5.56 Å². The van der Waals surface area contributed by atoms with Crippen molar-refractivity contribution in [2.24, 2.45) is 11.8 Å². The highest BCUT2D eigenvalue weighted by Gasteiger charge is 2.23. The number of benzene rings is 2. The Morgan fingerprint density at radius 2 is 1.18 bits per heavy atom. The summed E-state index contributed by atoms with van der Waals surface area (Å²) in [5.41, 5.74) is 5.56. The number of ether oxygens (including phenoxy) is 1. The summed E-state index contributed by atoms with van der Waals surface area (Å²) in [5.74, 6) is 2.53. The Kier molecular flexibility index (Phi) is 10.1. The van der Waals surface area contributed by atoms with E-state index < -0.39 is 0 Å². The lowest BCUT2D eigenvalue weighted by Gasteiger charge is -2.29. The van der Waals surface area contributed by atoms with Crippen molar-refractivity contribution in [1.29, 1.82) is 0 Å². The zero-order valence-electron chi connectivity index (χ0n) is 21.9. The van der Waals surface area contributed by atoms with E-state index in [9.17, 15) is 0 Å². The fourth-order valence-electron chi connectivity index (χ4n) is 6.27. The van der Waals surface area contributed by atoms with Crippen LogP contribution in [0.3, 0.4) is 0 Å². The molecule has 0 amide bonds. The molecule has 186 valence electrons. The van der Waals surface area contributed by atoms with Gasteiger partial charge in [0.25, 0.3) is 0 Å². The lowest BCUT2D eigenvalue weighted by Crippen LogP contribution is -2.20. The fraction of sp³-hybridized carbons (Fsp3) is 0.636. The van der Waals surface area contributed by atoms with Crippen molar-refractivity contribution in [1.82, 2.24) is 0 Å². The van der Waals surface area contributed by atoms with Crippen LogP contribution in [0.15, 0.2) is 48.5 Å². The molecule has 2 aliphatic rings. The quantitative estimate of drug-likeness (QED) is 0.303. The number of rotatable bonds is 11. The molecule has 1 aliphatic heterocycles. The molecular formula is C33H48O. The van der Waals surface area contributed by atoms with Crippen molar-refractivity contribution in [3.05, 3.63) is 59.7 Å². The van der Waals surface area contributed by atoms with Crippen molar-refractivity contribution in [2.75, 3.05) is 6.61 Å². The largest absolute Gasteiger partial charge is 0.373 e.